The number of hydrogen-bond acceptors (Lipinski definition) is 3. The number of anilines is 1. The fraction of sp³-hybridized carbons (Fsp3) is 0.133. The molecule has 4 aromatic carbocycles. The number of carboxylic acid groups (broad SMARTS) is 1. The normalized spacial score (nSPS) is 11.5. The summed E-state index contributed by atoms with van der Waals surface area (Å²) in [5.41, 5.74) is 6.56. The van der Waals surface area contributed by atoms with Crippen molar-refractivity contribution < 1.29 is 14.7 Å². The van der Waals surface area contributed by atoms with Crippen molar-refractivity contribution in [3.05, 3.63) is 114 Å². The van der Waals surface area contributed by atoms with Crippen molar-refractivity contribution in [1.82, 2.24) is 5.32 Å². The van der Waals surface area contributed by atoms with Crippen molar-refractivity contribution in [2.45, 2.75) is 12.5 Å². The largest absolute Gasteiger partial charge is 0.480 e. The zero-order valence-electron chi connectivity index (χ0n) is 19.8. The van der Waals surface area contributed by atoms with Gasteiger partial charge in [-0.2, -0.15) is 0 Å². The van der Waals surface area contributed by atoms with Gasteiger partial charge in [-0.1, -0.05) is 78.9 Å². The molecule has 0 spiro atoms. The van der Waals surface area contributed by atoms with E-state index in [4.69, 9.17) is 0 Å². The average molecular weight is 465 g/mol. The van der Waals surface area contributed by atoms with E-state index in [2.05, 4.69) is 5.32 Å². The number of nitrogens with zero attached hydrogens (tertiary/aromatic N) is 1. The van der Waals surface area contributed by atoms with E-state index in [0.29, 0.717) is 5.56 Å². The van der Waals surface area contributed by atoms with Crippen LogP contribution in [-0.4, -0.2) is 37.1 Å². The van der Waals surface area contributed by atoms with E-state index in [0.717, 1.165) is 33.5 Å². The maximum absolute atomic E-state index is 12.8. The zero-order chi connectivity index (χ0) is 24.8. The number of benzene rings is 4. The van der Waals surface area contributed by atoms with Crippen LogP contribution in [0.5, 0.6) is 0 Å². The number of aliphatic carboxylic acids is 1. The Hall–Kier alpha value is -4.38. The molecular weight excluding hydrogens is 436 g/mol. The molecule has 0 aliphatic rings. The molecule has 5 heteroatoms. The lowest BCUT2D eigenvalue weighted by atomic mass is 10.00. The van der Waals surface area contributed by atoms with Crippen LogP contribution in [0.15, 0.2) is 103 Å². The minimum absolute atomic E-state index is 0.201. The van der Waals surface area contributed by atoms with Gasteiger partial charge in [0.2, 0.25) is 0 Å². The lowest BCUT2D eigenvalue weighted by molar-refractivity contribution is -0.139. The van der Waals surface area contributed by atoms with E-state index in [1.807, 2.05) is 110 Å². The van der Waals surface area contributed by atoms with Gasteiger partial charge < -0.3 is 15.3 Å². The predicted octanol–water partition coefficient (Wildman–Crippen LogP) is 5.51. The van der Waals surface area contributed by atoms with Gasteiger partial charge in [-0.25, -0.2) is 4.79 Å². The molecular formula is C30H28N2O3. The molecule has 5 nitrogen and oxygen atoms in total. The molecule has 0 bridgehead atoms. The first-order chi connectivity index (χ1) is 16.9. The van der Waals surface area contributed by atoms with E-state index in [1.54, 1.807) is 12.1 Å². The summed E-state index contributed by atoms with van der Waals surface area (Å²) in [6.07, 6.45) is 0.201. The summed E-state index contributed by atoms with van der Waals surface area (Å²) < 4.78 is 0. The Labute approximate surface area is 205 Å². The van der Waals surface area contributed by atoms with Gasteiger partial charge in [-0.05, 0) is 52.1 Å². The summed E-state index contributed by atoms with van der Waals surface area (Å²) in [5.74, 6) is -1.48. The topological polar surface area (TPSA) is 69.6 Å². The standard InChI is InChI=1S/C30H28N2O3/c1-32(2)27-18-16-25(17-19-27)24-12-14-26(15-13-24)29(33)31-28(30(34)35)20-21-8-10-23(11-9-21)22-6-4-3-5-7-22/h3-19,28H,20H2,1-2H3,(H,31,33)(H,34,35). The molecule has 0 aromatic heterocycles. The number of carboxylic acids is 1. The van der Waals surface area contributed by atoms with Crippen molar-refractivity contribution in [3.63, 3.8) is 0 Å². The van der Waals surface area contributed by atoms with E-state index >= 15 is 0 Å². The number of carbonyl (C=O) groups excluding carboxylic acids is 1. The highest BCUT2D eigenvalue weighted by atomic mass is 16.4. The summed E-state index contributed by atoms with van der Waals surface area (Å²) >= 11 is 0. The molecule has 176 valence electrons. The first-order valence-electron chi connectivity index (χ1n) is 11.5. The smallest absolute Gasteiger partial charge is 0.326 e. The van der Waals surface area contributed by atoms with Crippen LogP contribution in [0.1, 0.15) is 15.9 Å². The van der Waals surface area contributed by atoms with Crippen LogP contribution < -0.4 is 10.2 Å². The lowest BCUT2D eigenvalue weighted by Crippen LogP contribution is -2.42. The van der Waals surface area contributed by atoms with Crippen molar-refractivity contribution in [3.8, 4) is 22.3 Å². The second kappa shape index (κ2) is 10.7. The number of hydrogen-bond donors (Lipinski definition) is 2. The van der Waals surface area contributed by atoms with Crippen molar-refractivity contribution >= 4 is 17.6 Å². The van der Waals surface area contributed by atoms with E-state index in [-0.39, 0.29) is 6.42 Å². The van der Waals surface area contributed by atoms with Crippen LogP contribution in [0.2, 0.25) is 0 Å². The van der Waals surface area contributed by atoms with Crippen LogP contribution in [-0.2, 0) is 11.2 Å². The quantitative estimate of drug-likeness (QED) is 0.361. The third-order valence-corrected chi connectivity index (χ3v) is 5.97. The van der Waals surface area contributed by atoms with Gasteiger partial charge in [0.25, 0.3) is 5.91 Å². The van der Waals surface area contributed by atoms with Gasteiger partial charge in [0, 0.05) is 31.8 Å². The number of rotatable bonds is 8. The summed E-state index contributed by atoms with van der Waals surface area (Å²) in [6, 6.07) is 32.0. The average Bonchev–Trinajstić information content (AvgIpc) is 2.89. The molecule has 0 saturated carbocycles. The van der Waals surface area contributed by atoms with Crippen LogP contribution in [0.4, 0.5) is 5.69 Å². The Morgan fingerprint density at radius 1 is 0.714 bits per heavy atom. The number of carbonyl (C=O) groups is 2. The number of nitrogens with one attached hydrogen (secondary N) is 1. The maximum atomic E-state index is 12.8. The van der Waals surface area contributed by atoms with Gasteiger partial charge in [0.15, 0.2) is 0 Å². The summed E-state index contributed by atoms with van der Waals surface area (Å²) in [4.78, 5) is 26.7. The van der Waals surface area contributed by atoms with Crippen LogP contribution >= 0.6 is 0 Å². The Bertz CT molecular complexity index is 1280. The first-order valence-corrected chi connectivity index (χ1v) is 11.5. The molecule has 1 atom stereocenters. The Morgan fingerprint density at radius 2 is 1.20 bits per heavy atom. The minimum Gasteiger partial charge on any atom is -0.480 e. The molecule has 0 radical (unpaired) electrons. The van der Waals surface area contributed by atoms with Crippen molar-refractivity contribution in [2.75, 3.05) is 19.0 Å². The second-order valence-corrected chi connectivity index (χ2v) is 8.65. The third kappa shape index (κ3) is 5.95. The minimum atomic E-state index is -1.07. The van der Waals surface area contributed by atoms with Crippen LogP contribution in [0.3, 0.4) is 0 Å². The molecule has 0 heterocycles. The molecule has 1 amide bonds. The highest BCUT2D eigenvalue weighted by Gasteiger charge is 2.21. The molecule has 0 aliphatic heterocycles. The van der Waals surface area contributed by atoms with Crippen LogP contribution in [0.25, 0.3) is 22.3 Å². The maximum Gasteiger partial charge on any atom is 0.326 e. The first kappa shape index (κ1) is 23.8. The summed E-state index contributed by atoms with van der Waals surface area (Å²) in [6.45, 7) is 0. The molecule has 35 heavy (non-hydrogen) atoms. The van der Waals surface area contributed by atoms with Crippen molar-refractivity contribution in [2.24, 2.45) is 0 Å². The Kier molecular flexibility index (Phi) is 7.27. The Morgan fingerprint density at radius 3 is 1.71 bits per heavy atom. The van der Waals surface area contributed by atoms with Gasteiger partial charge in [0.1, 0.15) is 6.04 Å². The molecule has 1 unspecified atom stereocenters. The highest BCUT2D eigenvalue weighted by molar-refractivity contribution is 5.97. The van der Waals surface area contributed by atoms with E-state index < -0.39 is 17.9 Å². The molecule has 4 rings (SSSR count). The fourth-order valence-corrected chi connectivity index (χ4v) is 3.91. The van der Waals surface area contributed by atoms with Crippen LogP contribution in [0, 0.1) is 0 Å². The third-order valence-electron chi connectivity index (χ3n) is 5.97. The molecule has 0 aliphatic carbocycles. The SMILES string of the molecule is CN(C)c1ccc(-c2ccc(C(=O)NC(Cc3ccc(-c4ccccc4)cc3)C(=O)O)cc2)cc1. The summed E-state index contributed by atoms with van der Waals surface area (Å²) in [7, 11) is 3.99. The summed E-state index contributed by atoms with van der Waals surface area (Å²) in [5, 5.41) is 12.4. The van der Waals surface area contributed by atoms with Gasteiger partial charge in [0.05, 0.1) is 0 Å². The predicted molar refractivity (Wildman–Crippen MR) is 141 cm³/mol. The fourth-order valence-electron chi connectivity index (χ4n) is 3.91. The molecule has 0 saturated heterocycles. The lowest BCUT2D eigenvalue weighted by Gasteiger charge is -2.15. The zero-order valence-corrected chi connectivity index (χ0v) is 19.8. The number of amides is 1. The molecule has 0 fully saturated rings. The Balaban J connectivity index is 1.41. The highest BCUT2D eigenvalue weighted by Crippen LogP contribution is 2.23. The van der Waals surface area contributed by atoms with Gasteiger partial charge in [-0.15, -0.1) is 0 Å². The monoisotopic (exact) mass is 464 g/mol. The molecule has 4 aromatic rings. The molecule has 2 N–H and O–H groups in total. The second-order valence-electron chi connectivity index (χ2n) is 8.65. The van der Waals surface area contributed by atoms with E-state index in [9.17, 15) is 14.7 Å². The van der Waals surface area contributed by atoms with Gasteiger partial charge >= 0.3 is 5.97 Å². The van der Waals surface area contributed by atoms with E-state index in [1.165, 1.54) is 0 Å². The van der Waals surface area contributed by atoms with Crippen molar-refractivity contribution in [1.29, 1.82) is 0 Å². The van der Waals surface area contributed by atoms with Gasteiger partial charge in [-0.3, -0.25) is 4.79 Å².